The molecule has 0 aliphatic heterocycles. The molecule has 1 aromatic carbocycles. The maximum atomic E-state index is 14.5. The summed E-state index contributed by atoms with van der Waals surface area (Å²) in [5.41, 5.74) is 6.54. The van der Waals surface area contributed by atoms with Gasteiger partial charge < -0.3 is 14.6 Å². The second-order valence-corrected chi connectivity index (χ2v) is 9.04. The molecule has 0 fully saturated rings. The zero-order chi connectivity index (χ0) is 25.4. The van der Waals surface area contributed by atoms with E-state index in [1.807, 2.05) is 44.4 Å². The fourth-order valence-electron chi connectivity index (χ4n) is 4.30. The predicted octanol–water partition coefficient (Wildman–Crippen LogP) is 5.31. The molecule has 0 unspecified atom stereocenters. The van der Waals surface area contributed by atoms with Gasteiger partial charge in [0.05, 0.1) is 34.8 Å². The maximum Gasteiger partial charge on any atom is 0.138 e. The SMILES string of the molecule is CN(C)CCOc1cncc(-c2ccc3[nH]nc(-c4cc5c(-c6ccccc6F)cncc5[nH]4)c3n2)c1. The van der Waals surface area contributed by atoms with E-state index in [0.29, 0.717) is 34.7 Å². The molecule has 5 aromatic heterocycles. The van der Waals surface area contributed by atoms with E-state index in [1.54, 1.807) is 36.9 Å². The standard InChI is InChI=1S/C28H24FN7O/c1-36(2)9-10-37-18-11-17(13-30-14-18)23-7-8-24-27(33-23)28(35-34-24)25-12-20-21(15-31-16-26(20)32-25)19-5-3-4-6-22(19)29/h3-8,11-16,32H,9-10H2,1-2H3,(H,34,35). The Morgan fingerprint density at radius 1 is 0.919 bits per heavy atom. The van der Waals surface area contributed by atoms with Crippen molar-refractivity contribution in [2.45, 2.75) is 0 Å². The summed E-state index contributed by atoms with van der Waals surface area (Å²) < 4.78 is 20.4. The van der Waals surface area contributed by atoms with Crippen molar-refractivity contribution in [2.24, 2.45) is 0 Å². The highest BCUT2D eigenvalue weighted by Crippen LogP contribution is 2.34. The lowest BCUT2D eigenvalue weighted by Gasteiger charge is -2.11. The second-order valence-electron chi connectivity index (χ2n) is 9.04. The molecule has 9 heteroatoms. The Balaban J connectivity index is 1.39. The summed E-state index contributed by atoms with van der Waals surface area (Å²) in [5, 5.41) is 8.45. The molecule has 0 aliphatic rings. The molecule has 8 nitrogen and oxygen atoms in total. The van der Waals surface area contributed by atoms with Crippen molar-refractivity contribution in [3.8, 4) is 39.5 Å². The molecular weight excluding hydrogens is 469 g/mol. The third kappa shape index (κ3) is 4.41. The number of nitrogens with one attached hydrogen (secondary N) is 2. The Morgan fingerprint density at radius 2 is 1.78 bits per heavy atom. The van der Waals surface area contributed by atoms with Crippen molar-refractivity contribution in [2.75, 3.05) is 27.2 Å². The fraction of sp³-hybridized carbons (Fsp3) is 0.143. The average Bonchev–Trinajstić information content (AvgIpc) is 3.52. The van der Waals surface area contributed by atoms with E-state index in [0.717, 1.165) is 39.9 Å². The first-order valence-electron chi connectivity index (χ1n) is 11.9. The zero-order valence-electron chi connectivity index (χ0n) is 20.4. The Morgan fingerprint density at radius 3 is 2.65 bits per heavy atom. The number of pyridine rings is 3. The number of halogens is 1. The topological polar surface area (TPSA) is 95.6 Å². The molecule has 0 bridgehead atoms. The van der Waals surface area contributed by atoms with E-state index in [4.69, 9.17) is 9.72 Å². The van der Waals surface area contributed by atoms with Crippen LogP contribution in [0.4, 0.5) is 4.39 Å². The van der Waals surface area contributed by atoms with E-state index in [1.165, 1.54) is 6.07 Å². The van der Waals surface area contributed by atoms with Crippen molar-refractivity contribution in [3.63, 3.8) is 0 Å². The number of nitrogens with zero attached hydrogens (tertiary/aromatic N) is 5. The molecule has 6 rings (SSSR count). The molecule has 0 aliphatic carbocycles. The molecule has 5 heterocycles. The van der Waals surface area contributed by atoms with Crippen LogP contribution in [0.15, 0.2) is 73.3 Å². The number of likely N-dealkylation sites (N-methyl/N-ethyl adjacent to an activating group) is 1. The lowest BCUT2D eigenvalue weighted by atomic mass is 10.0. The molecule has 184 valence electrons. The lowest BCUT2D eigenvalue weighted by Crippen LogP contribution is -2.19. The van der Waals surface area contributed by atoms with Gasteiger partial charge in [0.25, 0.3) is 0 Å². The summed E-state index contributed by atoms with van der Waals surface area (Å²) in [4.78, 5) is 19.0. The lowest BCUT2D eigenvalue weighted by molar-refractivity contribution is 0.261. The highest BCUT2D eigenvalue weighted by molar-refractivity contribution is 6.00. The van der Waals surface area contributed by atoms with Gasteiger partial charge in [-0.15, -0.1) is 0 Å². The van der Waals surface area contributed by atoms with Gasteiger partial charge in [0.2, 0.25) is 0 Å². The fourth-order valence-corrected chi connectivity index (χ4v) is 4.30. The molecule has 0 radical (unpaired) electrons. The number of ether oxygens (including phenoxy) is 1. The first-order chi connectivity index (χ1) is 18.1. The third-order valence-corrected chi connectivity index (χ3v) is 6.19. The highest BCUT2D eigenvalue weighted by Gasteiger charge is 2.17. The molecule has 37 heavy (non-hydrogen) atoms. The van der Waals surface area contributed by atoms with Gasteiger partial charge in [0, 0.05) is 41.0 Å². The van der Waals surface area contributed by atoms with Crippen LogP contribution in [-0.4, -0.2) is 62.3 Å². The number of H-pyrrole nitrogens is 2. The molecule has 0 saturated heterocycles. The van der Waals surface area contributed by atoms with Crippen LogP contribution in [0.25, 0.3) is 55.7 Å². The van der Waals surface area contributed by atoms with Crippen molar-refractivity contribution in [1.29, 1.82) is 0 Å². The summed E-state index contributed by atoms with van der Waals surface area (Å²) >= 11 is 0. The van der Waals surface area contributed by atoms with Crippen LogP contribution in [-0.2, 0) is 0 Å². The Hall–Kier alpha value is -4.63. The minimum Gasteiger partial charge on any atom is -0.491 e. The van der Waals surface area contributed by atoms with Gasteiger partial charge in [-0.05, 0) is 44.4 Å². The van der Waals surface area contributed by atoms with Crippen LogP contribution in [0.2, 0.25) is 0 Å². The summed E-state index contributed by atoms with van der Waals surface area (Å²) in [6.07, 6.45) is 6.87. The van der Waals surface area contributed by atoms with Gasteiger partial charge in [0.15, 0.2) is 0 Å². The number of hydrogen-bond donors (Lipinski definition) is 2. The van der Waals surface area contributed by atoms with Gasteiger partial charge >= 0.3 is 0 Å². The average molecular weight is 494 g/mol. The Bertz CT molecular complexity index is 1720. The van der Waals surface area contributed by atoms with E-state index in [-0.39, 0.29) is 5.82 Å². The minimum atomic E-state index is -0.294. The normalized spacial score (nSPS) is 11.6. The van der Waals surface area contributed by atoms with E-state index in [9.17, 15) is 4.39 Å². The predicted molar refractivity (Wildman–Crippen MR) is 142 cm³/mol. The van der Waals surface area contributed by atoms with Crippen LogP contribution in [0.5, 0.6) is 5.75 Å². The van der Waals surface area contributed by atoms with Crippen molar-refractivity contribution in [3.05, 3.63) is 79.1 Å². The van der Waals surface area contributed by atoms with Gasteiger partial charge in [-0.3, -0.25) is 15.1 Å². The number of hydrogen-bond acceptors (Lipinski definition) is 6. The summed E-state index contributed by atoms with van der Waals surface area (Å²) in [6, 6.07) is 14.5. The maximum absolute atomic E-state index is 14.5. The minimum absolute atomic E-state index is 0.294. The van der Waals surface area contributed by atoms with Gasteiger partial charge in [-0.2, -0.15) is 5.10 Å². The summed E-state index contributed by atoms with van der Waals surface area (Å²) in [7, 11) is 4.01. The van der Waals surface area contributed by atoms with Crippen molar-refractivity contribution >= 4 is 21.9 Å². The van der Waals surface area contributed by atoms with Gasteiger partial charge in [-0.25, -0.2) is 9.37 Å². The van der Waals surface area contributed by atoms with Crippen LogP contribution >= 0.6 is 0 Å². The second kappa shape index (κ2) is 9.44. The number of aromatic amines is 2. The smallest absolute Gasteiger partial charge is 0.138 e. The summed E-state index contributed by atoms with van der Waals surface area (Å²) in [6.45, 7) is 1.38. The van der Waals surface area contributed by atoms with Gasteiger partial charge in [0.1, 0.15) is 29.4 Å². The molecule has 0 atom stereocenters. The van der Waals surface area contributed by atoms with Crippen LogP contribution in [0, 0.1) is 5.82 Å². The summed E-state index contributed by atoms with van der Waals surface area (Å²) in [5.74, 6) is 0.398. The quantitative estimate of drug-likeness (QED) is 0.313. The largest absolute Gasteiger partial charge is 0.491 e. The molecule has 0 saturated carbocycles. The molecule has 0 spiro atoms. The Kier molecular flexibility index (Phi) is 5.82. The van der Waals surface area contributed by atoms with Crippen LogP contribution in [0.1, 0.15) is 0 Å². The zero-order valence-corrected chi connectivity index (χ0v) is 20.4. The van der Waals surface area contributed by atoms with Crippen molar-refractivity contribution < 1.29 is 9.13 Å². The monoisotopic (exact) mass is 493 g/mol. The highest BCUT2D eigenvalue weighted by atomic mass is 19.1. The van der Waals surface area contributed by atoms with Crippen molar-refractivity contribution in [1.82, 2.24) is 35.0 Å². The van der Waals surface area contributed by atoms with E-state index < -0.39 is 0 Å². The van der Waals surface area contributed by atoms with Crippen LogP contribution in [0.3, 0.4) is 0 Å². The number of aromatic nitrogens is 6. The van der Waals surface area contributed by atoms with Crippen LogP contribution < -0.4 is 4.74 Å². The molecule has 0 amide bonds. The van der Waals surface area contributed by atoms with Gasteiger partial charge in [-0.1, -0.05) is 18.2 Å². The number of benzene rings is 1. The molecule has 2 N–H and O–H groups in total. The Labute approximate surface area is 212 Å². The van der Waals surface area contributed by atoms with E-state index in [2.05, 4.69) is 30.0 Å². The third-order valence-electron chi connectivity index (χ3n) is 6.19. The molecular formula is C28H24FN7O. The first kappa shape index (κ1) is 22.8. The first-order valence-corrected chi connectivity index (χ1v) is 11.9. The number of rotatable bonds is 7. The molecule has 6 aromatic rings. The number of fused-ring (bicyclic) bond motifs is 2. The van der Waals surface area contributed by atoms with E-state index >= 15 is 0 Å².